The molecule has 2 N–H and O–H groups in total. The third-order valence-corrected chi connectivity index (χ3v) is 3.66. The number of hydrogen-bond acceptors (Lipinski definition) is 5. The Morgan fingerprint density at radius 1 is 1.18 bits per heavy atom. The first kappa shape index (κ1) is 20.7. The number of nitriles is 1. The van der Waals surface area contributed by atoms with Crippen LogP contribution >= 0.6 is 11.6 Å². The predicted molar refractivity (Wildman–Crippen MR) is 104 cm³/mol. The number of rotatable bonds is 6. The number of amides is 2. The zero-order chi connectivity index (χ0) is 20.5. The highest BCUT2D eigenvalue weighted by Crippen LogP contribution is 2.20. The number of nitrogens with one attached hydrogen (secondary N) is 2. The molecule has 0 aromatic heterocycles. The number of hydrogen-bond donors (Lipinski definition) is 2. The first-order chi connectivity index (χ1) is 13.4. The molecular weight excluding hydrogens is 382 g/mol. The van der Waals surface area contributed by atoms with Crippen molar-refractivity contribution in [3.05, 3.63) is 70.4 Å². The van der Waals surface area contributed by atoms with Crippen LogP contribution in [0.3, 0.4) is 0 Å². The average molecular weight is 398 g/mol. The van der Waals surface area contributed by atoms with Crippen LogP contribution in [0.15, 0.2) is 54.2 Å². The van der Waals surface area contributed by atoms with Crippen LogP contribution in [-0.2, 0) is 19.1 Å². The predicted octanol–water partition coefficient (Wildman–Crippen LogP) is 2.87. The fraction of sp³-hybridized carbons (Fsp3) is 0.100. The molecule has 0 heterocycles. The lowest BCUT2D eigenvalue weighted by Crippen LogP contribution is -2.28. The third kappa shape index (κ3) is 6.27. The van der Waals surface area contributed by atoms with Crippen molar-refractivity contribution in [2.75, 3.05) is 11.9 Å². The van der Waals surface area contributed by atoms with Gasteiger partial charge in [0, 0.05) is 12.6 Å². The minimum Gasteiger partial charge on any atom is -0.451 e. The van der Waals surface area contributed by atoms with E-state index >= 15 is 0 Å². The first-order valence-corrected chi connectivity index (χ1v) is 8.48. The SMILES string of the molecule is CC(=O)N/C(=C/c1ccccc1)C(=O)OCC(=O)Nc1ccc(C#N)c(Cl)c1. The molecule has 2 amide bonds. The van der Waals surface area contributed by atoms with Gasteiger partial charge in [0.05, 0.1) is 10.6 Å². The molecule has 0 aliphatic heterocycles. The van der Waals surface area contributed by atoms with Crippen molar-refractivity contribution in [2.24, 2.45) is 0 Å². The molecule has 7 nitrogen and oxygen atoms in total. The third-order valence-electron chi connectivity index (χ3n) is 3.35. The number of ether oxygens (including phenoxy) is 1. The van der Waals surface area contributed by atoms with Gasteiger partial charge < -0.3 is 15.4 Å². The normalized spacial score (nSPS) is 10.5. The summed E-state index contributed by atoms with van der Waals surface area (Å²) in [6.45, 7) is 0.690. The van der Waals surface area contributed by atoms with Crippen molar-refractivity contribution < 1.29 is 19.1 Å². The Kier molecular flexibility index (Phi) is 7.31. The zero-order valence-corrected chi connectivity index (χ0v) is 15.6. The van der Waals surface area contributed by atoms with Crippen LogP contribution in [0, 0.1) is 11.3 Å². The summed E-state index contributed by atoms with van der Waals surface area (Å²) in [4.78, 5) is 35.6. The second-order valence-electron chi connectivity index (χ2n) is 5.58. The summed E-state index contributed by atoms with van der Waals surface area (Å²) in [5.41, 5.74) is 1.22. The Hall–Kier alpha value is -3.63. The number of nitrogens with zero attached hydrogens (tertiary/aromatic N) is 1. The molecule has 142 valence electrons. The summed E-state index contributed by atoms with van der Waals surface area (Å²) < 4.78 is 4.97. The molecule has 0 saturated carbocycles. The lowest BCUT2D eigenvalue weighted by molar-refractivity contribution is -0.144. The summed E-state index contributed by atoms with van der Waals surface area (Å²) >= 11 is 5.90. The van der Waals surface area contributed by atoms with Gasteiger partial charge in [-0.05, 0) is 29.8 Å². The maximum Gasteiger partial charge on any atom is 0.355 e. The van der Waals surface area contributed by atoms with Crippen LogP contribution in [0.4, 0.5) is 5.69 Å². The van der Waals surface area contributed by atoms with Gasteiger partial charge in [-0.15, -0.1) is 0 Å². The van der Waals surface area contributed by atoms with Gasteiger partial charge in [0.25, 0.3) is 5.91 Å². The number of carbonyl (C=O) groups is 3. The second kappa shape index (κ2) is 9.90. The monoisotopic (exact) mass is 397 g/mol. The van der Waals surface area contributed by atoms with E-state index in [4.69, 9.17) is 21.6 Å². The molecule has 2 rings (SSSR count). The van der Waals surface area contributed by atoms with E-state index in [0.717, 1.165) is 0 Å². The quantitative estimate of drug-likeness (QED) is 0.575. The van der Waals surface area contributed by atoms with Crippen LogP contribution in [0.1, 0.15) is 18.1 Å². The molecule has 0 fully saturated rings. The van der Waals surface area contributed by atoms with E-state index in [-0.39, 0.29) is 16.3 Å². The van der Waals surface area contributed by atoms with E-state index < -0.39 is 24.4 Å². The number of halogens is 1. The molecule has 0 aliphatic carbocycles. The van der Waals surface area contributed by atoms with Crippen molar-refractivity contribution in [1.82, 2.24) is 5.32 Å². The molecule has 8 heteroatoms. The van der Waals surface area contributed by atoms with Crippen molar-refractivity contribution in [3.8, 4) is 6.07 Å². The Labute approximate surface area is 166 Å². The molecule has 2 aromatic rings. The van der Waals surface area contributed by atoms with E-state index in [2.05, 4.69) is 10.6 Å². The molecule has 0 atom stereocenters. The van der Waals surface area contributed by atoms with Gasteiger partial charge in [-0.2, -0.15) is 5.26 Å². The molecule has 0 spiro atoms. The lowest BCUT2D eigenvalue weighted by atomic mass is 10.2. The molecule has 0 saturated heterocycles. The van der Waals surface area contributed by atoms with Crippen molar-refractivity contribution in [2.45, 2.75) is 6.92 Å². The summed E-state index contributed by atoms with van der Waals surface area (Å²) in [7, 11) is 0. The van der Waals surface area contributed by atoms with Gasteiger partial charge in [0.15, 0.2) is 6.61 Å². The summed E-state index contributed by atoms with van der Waals surface area (Å²) in [5, 5.41) is 13.9. The number of anilines is 1. The lowest BCUT2D eigenvalue weighted by Gasteiger charge is -2.10. The summed E-state index contributed by atoms with van der Waals surface area (Å²) in [6, 6.07) is 15.1. The summed E-state index contributed by atoms with van der Waals surface area (Å²) in [6.07, 6.45) is 1.45. The molecule has 0 aliphatic rings. The maximum atomic E-state index is 12.2. The van der Waals surface area contributed by atoms with E-state index in [9.17, 15) is 14.4 Å². The van der Waals surface area contributed by atoms with Gasteiger partial charge in [0.1, 0.15) is 11.8 Å². The van der Waals surface area contributed by atoms with Crippen LogP contribution in [0.5, 0.6) is 0 Å². The topological polar surface area (TPSA) is 108 Å². The Morgan fingerprint density at radius 3 is 2.50 bits per heavy atom. The Balaban J connectivity index is 2.00. The molecular formula is C20H16ClN3O4. The number of carbonyl (C=O) groups excluding carboxylic acids is 3. The van der Waals surface area contributed by atoms with Crippen LogP contribution in [-0.4, -0.2) is 24.4 Å². The van der Waals surface area contributed by atoms with Gasteiger partial charge in [-0.25, -0.2) is 4.79 Å². The first-order valence-electron chi connectivity index (χ1n) is 8.10. The van der Waals surface area contributed by atoms with Crippen LogP contribution in [0.2, 0.25) is 5.02 Å². The average Bonchev–Trinajstić information content (AvgIpc) is 2.66. The Morgan fingerprint density at radius 2 is 1.89 bits per heavy atom. The van der Waals surface area contributed by atoms with Crippen molar-refractivity contribution in [3.63, 3.8) is 0 Å². The largest absolute Gasteiger partial charge is 0.451 e. The number of esters is 1. The fourth-order valence-electron chi connectivity index (χ4n) is 2.14. The Bertz CT molecular complexity index is 965. The maximum absolute atomic E-state index is 12.2. The smallest absolute Gasteiger partial charge is 0.355 e. The molecule has 0 bridgehead atoms. The highest BCUT2D eigenvalue weighted by atomic mass is 35.5. The van der Waals surface area contributed by atoms with Crippen molar-refractivity contribution in [1.29, 1.82) is 5.26 Å². The number of benzene rings is 2. The standard InChI is InChI=1S/C20H16ClN3O4/c1-13(25)23-18(9-14-5-3-2-4-6-14)20(27)28-12-19(26)24-16-8-7-15(11-22)17(21)10-16/h2-10H,12H2,1H3,(H,23,25)(H,24,26)/b18-9+. The highest BCUT2D eigenvalue weighted by molar-refractivity contribution is 6.32. The van der Waals surface area contributed by atoms with Gasteiger partial charge in [-0.3, -0.25) is 9.59 Å². The zero-order valence-electron chi connectivity index (χ0n) is 14.9. The molecule has 0 radical (unpaired) electrons. The minimum absolute atomic E-state index is 0.0899. The van der Waals surface area contributed by atoms with Crippen LogP contribution < -0.4 is 10.6 Å². The van der Waals surface area contributed by atoms with Gasteiger partial charge >= 0.3 is 5.97 Å². The summed E-state index contributed by atoms with van der Waals surface area (Å²) in [5.74, 6) is -1.90. The minimum atomic E-state index is -0.855. The van der Waals surface area contributed by atoms with E-state index in [1.807, 2.05) is 12.1 Å². The van der Waals surface area contributed by atoms with Crippen molar-refractivity contribution >= 4 is 41.1 Å². The highest BCUT2D eigenvalue weighted by Gasteiger charge is 2.15. The fourth-order valence-corrected chi connectivity index (χ4v) is 2.36. The van der Waals surface area contributed by atoms with Gasteiger partial charge in [-0.1, -0.05) is 41.9 Å². The van der Waals surface area contributed by atoms with Gasteiger partial charge in [0.2, 0.25) is 5.91 Å². The molecule has 2 aromatic carbocycles. The van der Waals surface area contributed by atoms with E-state index in [1.54, 1.807) is 24.3 Å². The molecule has 0 unspecified atom stereocenters. The van der Waals surface area contributed by atoms with E-state index in [1.165, 1.54) is 31.2 Å². The second-order valence-corrected chi connectivity index (χ2v) is 5.99. The van der Waals surface area contributed by atoms with Crippen LogP contribution in [0.25, 0.3) is 6.08 Å². The molecule has 28 heavy (non-hydrogen) atoms. The van der Waals surface area contributed by atoms with E-state index in [0.29, 0.717) is 11.3 Å².